The SMILES string of the molecule is COC(=O)c1ccc(Cn2nc(C)c(C=O)c2C)cc1. The Hall–Kier alpha value is -2.43. The fraction of sp³-hybridized carbons (Fsp3) is 0.267. The molecule has 0 unspecified atom stereocenters. The molecule has 2 aromatic rings. The van der Waals surface area contributed by atoms with Gasteiger partial charge in [-0.1, -0.05) is 12.1 Å². The van der Waals surface area contributed by atoms with Crippen molar-refractivity contribution in [2.24, 2.45) is 0 Å². The molecular formula is C15H16N2O3. The number of aromatic nitrogens is 2. The van der Waals surface area contributed by atoms with Gasteiger partial charge in [-0.05, 0) is 31.5 Å². The van der Waals surface area contributed by atoms with Crippen molar-refractivity contribution in [2.45, 2.75) is 20.4 Å². The number of aldehydes is 1. The summed E-state index contributed by atoms with van der Waals surface area (Å²) in [6.45, 7) is 4.24. The lowest BCUT2D eigenvalue weighted by Crippen LogP contribution is -2.05. The third-order valence-electron chi connectivity index (χ3n) is 3.26. The highest BCUT2D eigenvalue weighted by Crippen LogP contribution is 2.13. The number of ether oxygens (including phenoxy) is 1. The number of nitrogens with zero attached hydrogens (tertiary/aromatic N) is 2. The third-order valence-corrected chi connectivity index (χ3v) is 3.26. The maximum atomic E-state index is 11.3. The summed E-state index contributed by atoms with van der Waals surface area (Å²) in [6, 6.07) is 7.13. The van der Waals surface area contributed by atoms with Crippen molar-refractivity contribution in [3.05, 3.63) is 52.3 Å². The van der Waals surface area contributed by atoms with Crippen LogP contribution in [0, 0.1) is 13.8 Å². The Morgan fingerprint density at radius 3 is 2.45 bits per heavy atom. The molecule has 0 aliphatic carbocycles. The predicted octanol–water partition coefficient (Wildman–Crippen LogP) is 2.15. The molecule has 0 atom stereocenters. The summed E-state index contributed by atoms with van der Waals surface area (Å²) < 4.78 is 6.44. The van der Waals surface area contributed by atoms with Gasteiger partial charge in [-0.3, -0.25) is 9.48 Å². The van der Waals surface area contributed by atoms with Gasteiger partial charge >= 0.3 is 5.97 Å². The average Bonchev–Trinajstić information content (AvgIpc) is 2.73. The zero-order valence-electron chi connectivity index (χ0n) is 11.7. The topological polar surface area (TPSA) is 61.2 Å². The number of esters is 1. The van der Waals surface area contributed by atoms with E-state index in [0.717, 1.165) is 23.2 Å². The maximum Gasteiger partial charge on any atom is 0.337 e. The van der Waals surface area contributed by atoms with Crippen LogP contribution in [0.4, 0.5) is 0 Å². The van der Waals surface area contributed by atoms with E-state index in [-0.39, 0.29) is 5.97 Å². The number of methoxy groups -OCH3 is 1. The van der Waals surface area contributed by atoms with E-state index in [1.807, 2.05) is 26.0 Å². The average molecular weight is 272 g/mol. The van der Waals surface area contributed by atoms with Crippen LogP contribution >= 0.6 is 0 Å². The Kier molecular flexibility index (Phi) is 3.98. The van der Waals surface area contributed by atoms with Gasteiger partial charge in [0, 0.05) is 5.69 Å². The monoisotopic (exact) mass is 272 g/mol. The molecule has 0 amide bonds. The van der Waals surface area contributed by atoms with Gasteiger partial charge < -0.3 is 4.74 Å². The number of benzene rings is 1. The van der Waals surface area contributed by atoms with Crippen molar-refractivity contribution in [1.29, 1.82) is 0 Å². The van der Waals surface area contributed by atoms with Gasteiger partial charge in [0.2, 0.25) is 0 Å². The van der Waals surface area contributed by atoms with Crippen molar-refractivity contribution < 1.29 is 14.3 Å². The summed E-state index contributed by atoms with van der Waals surface area (Å²) in [4.78, 5) is 22.3. The van der Waals surface area contributed by atoms with E-state index < -0.39 is 0 Å². The molecule has 0 N–H and O–H groups in total. The molecule has 0 fully saturated rings. The molecule has 0 aliphatic rings. The lowest BCUT2D eigenvalue weighted by molar-refractivity contribution is 0.0600. The van der Waals surface area contributed by atoms with Crippen molar-refractivity contribution in [1.82, 2.24) is 9.78 Å². The molecule has 0 saturated carbocycles. The highest BCUT2D eigenvalue weighted by molar-refractivity contribution is 5.89. The molecule has 20 heavy (non-hydrogen) atoms. The molecule has 5 heteroatoms. The summed E-state index contributed by atoms with van der Waals surface area (Å²) in [5.74, 6) is -0.356. The molecule has 104 valence electrons. The summed E-state index contributed by atoms with van der Waals surface area (Å²) in [5, 5.41) is 4.34. The van der Waals surface area contributed by atoms with E-state index in [9.17, 15) is 9.59 Å². The van der Waals surface area contributed by atoms with Crippen LogP contribution in [0.15, 0.2) is 24.3 Å². The van der Waals surface area contributed by atoms with E-state index in [1.165, 1.54) is 7.11 Å². The Labute approximate surface area is 117 Å². The number of carbonyl (C=O) groups excluding carboxylic acids is 2. The first-order valence-electron chi connectivity index (χ1n) is 6.23. The van der Waals surface area contributed by atoms with Gasteiger partial charge in [0.15, 0.2) is 6.29 Å². The standard InChI is InChI=1S/C15H16N2O3/c1-10-14(9-18)11(2)17(16-10)8-12-4-6-13(7-5-12)15(19)20-3/h4-7,9H,8H2,1-3H3. The van der Waals surface area contributed by atoms with Gasteiger partial charge in [0.1, 0.15) is 0 Å². The second kappa shape index (κ2) is 5.69. The quantitative estimate of drug-likeness (QED) is 0.632. The second-order valence-corrected chi connectivity index (χ2v) is 4.55. The minimum atomic E-state index is -0.356. The van der Waals surface area contributed by atoms with Gasteiger partial charge in [0.25, 0.3) is 0 Å². The second-order valence-electron chi connectivity index (χ2n) is 4.55. The van der Waals surface area contributed by atoms with Crippen LogP contribution in [-0.2, 0) is 11.3 Å². The van der Waals surface area contributed by atoms with Crippen molar-refractivity contribution in [3.8, 4) is 0 Å². The molecule has 0 aliphatic heterocycles. The number of hydrogen-bond acceptors (Lipinski definition) is 4. The first-order chi connectivity index (χ1) is 9.56. The molecule has 5 nitrogen and oxygen atoms in total. The number of rotatable bonds is 4. The van der Waals surface area contributed by atoms with Gasteiger partial charge in [-0.25, -0.2) is 4.79 Å². The van der Waals surface area contributed by atoms with E-state index >= 15 is 0 Å². The highest BCUT2D eigenvalue weighted by atomic mass is 16.5. The van der Waals surface area contributed by atoms with E-state index in [2.05, 4.69) is 9.84 Å². The summed E-state index contributed by atoms with van der Waals surface area (Å²) in [7, 11) is 1.35. The fourth-order valence-electron chi connectivity index (χ4n) is 2.07. The third kappa shape index (κ3) is 2.61. The normalized spacial score (nSPS) is 10.3. The van der Waals surface area contributed by atoms with Gasteiger partial charge in [-0.15, -0.1) is 0 Å². The lowest BCUT2D eigenvalue weighted by Gasteiger charge is -2.06. The Bertz CT molecular complexity index is 642. The molecule has 0 saturated heterocycles. The Balaban J connectivity index is 2.22. The van der Waals surface area contributed by atoms with Gasteiger partial charge in [-0.2, -0.15) is 5.10 Å². The molecule has 2 rings (SSSR count). The van der Waals surface area contributed by atoms with E-state index in [1.54, 1.807) is 16.8 Å². The molecule has 0 radical (unpaired) electrons. The molecule has 1 heterocycles. The molecule has 0 spiro atoms. The van der Waals surface area contributed by atoms with Crippen molar-refractivity contribution >= 4 is 12.3 Å². The minimum Gasteiger partial charge on any atom is -0.465 e. The molecular weight excluding hydrogens is 256 g/mol. The minimum absolute atomic E-state index is 0.356. The van der Waals surface area contributed by atoms with Crippen LogP contribution in [0.1, 0.15) is 37.7 Å². The lowest BCUT2D eigenvalue weighted by atomic mass is 10.1. The Morgan fingerprint density at radius 1 is 1.30 bits per heavy atom. The predicted molar refractivity (Wildman–Crippen MR) is 74.0 cm³/mol. The van der Waals surface area contributed by atoms with Crippen LogP contribution in [0.25, 0.3) is 0 Å². The zero-order chi connectivity index (χ0) is 14.7. The van der Waals surface area contributed by atoms with Crippen LogP contribution in [0.2, 0.25) is 0 Å². The van der Waals surface area contributed by atoms with Crippen LogP contribution in [-0.4, -0.2) is 29.1 Å². The molecule has 0 bridgehead atoms. The zero-order valence-corrected chi connectivity index (χ0v) is 11.7. The summed E-state index contributed by atoms with van der Waals surface area (Å²) >= 11 is 0. The first kappa shape index (κ1) is 14.0. The van der Waals surface area contributed by atoms with Crippen LogP contribution in [0.3, 0.4) is 0 Å². The van der Waals surface area contributed by atoms with Crippen molar-refractivity contribution in [3.63, 3.8) is 0 Å². The first-order valence-corrected chi connectivity index (χ1v) is 6.23. The molecule has 1 aromatic carbocycles. The fourth-order valence-corrected chi connectivity index (χ4v) is 2.07. The van der Waals surface area contributed by atoms with Crippen LogP contribution < -0.4 is 0 Å². The number of aryl methyl sites for hydroxylation is 1. The maximum absolute atomic E-state index is 11.3. The number of carbonyl (C=O) groups is 2. The summed E-state index contributed by atoms with van der Waals surface area (Å²) in [6.07, 6.45) is 0.828. The summed E-state index contributed by atoms with van der Waals surface area (Å²) in [5.41, 5.74) is 3.72. The van der Waals surface area contributed by atoms with Crippen LogP contribution in [0.5, 0.6) is 0 Å². The highest BCUT2D eigenvalue weighted by Gasteiger charge is 2.11. The molecule has 1 aromatic heterocycles. The van der Waals surface area contributed by atoms with E-state index in [0.29, 0.717) is 17.7 Å². The van der Waals surface area contributed by atoms with E-state index in [4.69, 9.17) is 0 Å². The van der Waals surface area contributed by atoms with Gasteiger partial charge in [0.05, 0.1) is 30.5 Å². The number of hydrogen-bond donors (Lipinski definition) is 0. The Morgan fingerprint density at radius 2 is 1.95 bits per heavy atom. The largest absolute Gasteiger partial charge is 0.465 e. The van der Waals surface area contributed by atoms with Crippen molar-refractivity contribution in [2.75, 3.05) is 7.11 Å². The smallest absolute Gasteiger partial charge is 0.337 e.